The van der Waals surface area contributed by atoms with Gasteiger partial charge in [-0.3, -0.25) is 4.79 Å². The van der Waals surface area contributed by atoms with Crippen LogP contribution in [0.4, 0.5) is 18.9 Å². The van der Waals surface area contributed by atoms with Gasteiger partial charge in [0.05, 0.1) is 23.1 Å². The largest absolute Gasteiger partial charge is 0.573 e. The number of rotatable bonds is 4. The van der Waals surface area contributed by atoms with Gasteiger partial charge in [-0.15, -0.1) is 13.2 Å². The Hall–Kier alpha value is -2.81. The predicted molar refractivity (Wildman–Crippen MR) is 97.1 cm³/mol. The van der Waals surface area contributed by atoms with Gasteiger partial charge < -0.3 is 10.1 Å². The summed E-state index contributed by atoms with van der Waals surface area (Å²) in [6.07, 6.45) is -3.40. The first-order chi connectivity index (χ1) is 12.7. The first-order valence-electron chi connectivity index (χ1n) is 7.71. The summed E-state index contributed by atoms with van der Waals surface area (Å²) in [4.78, 5) is 12.5. The molecular weight excluding hydrogens is 427 g/mol. The lowest BCUT2D eigenvalue weighted by Gasteiger charge is -2.11. The zero-order valence-corrected chi connectivity index (χ0v) is 15.5. The molecule has 0 radical (unpaired) electrons. The van der Waals surface area contributed by atoms with Crippen molar-refractivity contribution in [1.82, 2.24) is 9.78 Å². The van der Waals surface area contributed by atoms with Gasteiger partial charge in [-0.1, -0.05) is 22.0 Å². The van der Waals surface area contributed by atoms with Crippen LogP contribution in [-0.4, -0.2) is 22.1 Å². The molecule has 0 saturated carbocycles. The van der Waals surface area contributed by atoms with Crippen molar-refractivity contribution in [3.05, 3.63) is 70.5 Å². The molecule has 0 saturated heterocycles. The molecule has 3 aromatic rings. The number of carbonyl (C=O) groups is 1. The van der Waals surface area contributed by atoms with E-state index in [4.69, 9.17) is 0 Å². The van der Waals surface area contributed by atoms with Gasteiger partial charge in [0.25, 0.3) is 5.91 Å². The lowest BCUT2D eigenvalue weighted by Crippen LogP contribution is -2.17. The average Bonchev–Trinajstić information content (AvgIpc) is 2.96. The molecule has 27 heavy (non-hydrogen) atoms. The third-order valence-electron chi connectivity index (χ3n) is 3.65. The molecule has 1 heterocycles. The van der Waals surface area contributed by atoms with E-state index in [0.29, 0.717) is 11.3 Å². The minimum Gasteiger partial charge on any atom is -0.406 e. The van der Waals surface area contributed by atoms with E-state index in [1.165, 1.54) is 18.3 Å². The lowest BCUT2D eigenvalue weighted by atomic mass is 10.2. The molecule has 0 bridgehead atoms. The second-order valence-corrected chi connectivity index (χ2v) is 6.48. The van der Waals surface area contributed by atoms with E-state index in [1.807, 2.05) is 24.3 Å². The summed E-state index contributed by atoms with van der Waals surface area (Å²) in [6.45, 7) is 1.73. The van der Waals surface area contributed by atoms with Gasteiger partial charge in [-0.05, 0) is 43.3 Å². The second-order valence-electron chi connectivity index (χ2n) is 5.56. The van der Waals surface area contributed by atoms with E-state index in [2.05, 4.69) is 31.1 Å². The normalized spacial score (nSPS) is 11.3. The molecule has 0 fully saturated rings. The van der Waals surface area contributed by atoms with E-state index < -0.39 is 18.0 Å². The first kappa shape index (κ1) is 19.0. The fourth-order valence-electron chi connectivity index (χ4n) is 2.44. The number of aromatic nitrogens is 2. The van der Waals surface area contributed by atoms with Crippen molar-refractivity contribution >= 4 is 27.5 Å². The van der Waals surface area contributed by atoms with Crippen LogP contribution < -0.4 is 10.1 Å². The quantitative estimate of drug-likeness (QED) is 0.615. The molecule has 3 rings (SSSR count). The molecule has 9 heteroatoms. The van der Waals surface area contributed by atoms with Crippen LogP contribution in [0.5, 0.6) is 5.75 Å². The Kier molecular flexibility index (Phi) is 5.22. The Labute approximate surface area is 160 Å². The fraction of sp³-hybridized carbons (Fsp3) is 0.111. The molecule has 140 valence electrons. The zero-order chi connectivity index (χ0) is 19.6. The molecule has 0 atom stereocenters. The molecule has 1 N–H and O–H groups in total. The summed E-state index contributed by atoms with van der Waals surface area (Å²) in [7, 11) is 0. The average molecular weight is 440 g/mol. The van der Waals surface area contributed by atoms with Crippen LogP contribution in [0, 0.1) is 6.92 Å². The molecule has 2 aromatic carbocycles. The SMILES string of the molecule is Cc1c(C(=O)Nc2cccc(OC(F)(F)F)c2)cnn1-c1ccc(Br)cc1. The van der Waals surface area contributed by atoms with E-state index >= 15 is 0 Å². The van der Waals surface area contributed by atoms with Crippen LogP contribution in [0.2, 0.25) is 0 Å². The topological polar surface area (TPSA) is 56.1 Å². The number of ether oxygens (including phenoxy) is 1. The molecule has 0 spiro atoms. The maximum Gasteiger partial charge on any atom is 0.573 e. The van der Waals surface area contributed by atoms with Gasteiger partial charge in [0, 0.05) is 16.2 Å². The molecule has 0 aliphatic carbocycles. The number of hydrogen-bond donors (Lipinski definition) is 1. The van der Waals surface area contributed by atoms with E-state index in [1.54, 1.807) is 11.6 Å². The molecule has 1 amide bonds. The zero-order valence-electron chi connectivity index (χ0n) is 13.9. The van der Waals surface area contributed by atoms with Crippen molar-refractivity contribution in [2.24, 2.45) is 0 Å². The summed E-state index contributed by atoms with van der Waals surface area (Å²) in [5.41, 5.74) is 1.85. The van der Waals surface area contributed by atoms with E-state index in [-0.39, 0.29) is 5.69 Å². The number of hydrogen-bond acceptors (Lipinski definition) is 3. The predicted octanol–water partition coefficient (Wildman–Crippen LogP) is 5.09. The summed E-state index contributed by atoms with van der Waals surface area (Å²) >= 11 is 3.35. The van der Waals surface area contributed by atoms with Crippen molar-refractivity contribution in [2.75, 3.05) is 5.32 Å². The van der Waals surface area contributed by atoms with Crippen LogP contribution in [0.15, 0.2) is 59.2 Å². The van der Waals surface area contributed by atoms with Gasteiger partial charge in [-0.2, -0.15) is 5.10 Å². The summed E-state index contributed by atoms with van der Waals surface area (Å²) in [5.74, 6) is -0.900. The summed E-state index contributed by atoms with van der Waals surface area (Å²) in [5, 5.41) is 6.76. The fourth-order valence-corrected chi connectivity index (χ4v) is 2.71. The number of amides is 1. The number of halogens is 4. The summed E-state index contributed by atoms with van der Waals surface area (Å²) < 4.78 is 43.3. The number of benzene rings is 2. The van der Waals surface area contributed by atoms with Crippen molar-refractivity contribution < 1.29 is 22.7 Å². The molecular formula is C18H13BrF3N3O2. The monoisotopic (exact) mass is 439 g/mol. The van der Waals surface area contributed by atoms with Crippen molar-refractivity contribution in [3.63, 3.8) is 0 Å². The lowest BCUT2D eigenvalue weighted by molar-refractivity contribution is -0.274. The molecule has 0 unspecified atom stereocenters. The Balaban J connectivity index is 1.79. The number of anilines is 1. The Morgan fingerprint density at radius 1 is 1.19 bits per heavy atom. The van der Waals surface area contributed by atoms with Gasteiger partial charge in [0.15, 0.2) is 0 Å². The van der Waals surface area contributed by atoms with Crippen LogP contribution >= 0.6 is 15.9 Å². The molecule has 0 aliphatic heterocycles. The molecule has 1 aromatic heterocycles. The standard InChI is InChI=1S/C18H13BrF3N3O2/c1-11-16(10-23-25(11)14-7-5-12(19)6-8-14)17(26)24-13-3-2-4-15(9-13)27-18(20,21)22/h2-10H,1H3,(H,24,26). The van der Waals surface area contributed by atoms with Gasteiger partial charge in [0.2, 0.25) is 0 Å². The Bertz CT molecular complexity index is 969. The Morgan fingerprint density at radius 2 is 1.89 bits per heavy atom. The van der Waals surface area contributed by atoms with Crippen LogP contribution in [0.3, 0.4) is 0 Å². The first-order valence-corrected chi connectivity index (χ1v) is 8.50. The maximum absolute atomic E-state index is 12.5. The number of alkyl halides is 3. The number of carbonyl (C=O) groups excluding carboxylic acids is 1. The van der Waals surface area contributed by atoms with E-state index in [9.17, 15) is 18.0 Å². The highest BCUT2D eigenvalue weighted by Gasteiger charge is 2.31. The second kappa shape index (κ2) is 7.43. The number of nitrogens with zero attached hydrogens (tertiary/aromatic N) is 2. The minimum absolute atomic E-state index is 0.178. The maximum atomic E-state index is 12.5. The van der Waals surface area contributed by atoms with Crippen LogP contribution in [0.25, 0.3) is 5.69 Å². The highest BCUT2D eigenvalue weighted by Crippen LogP contribution is 2.25. The summed E-state index contributed by atoms with van der Waals surface area (Å²) in [6, 6.07) is 12.4. The van der Waals surface area contributed by atoms with Crippen molar-refractivity contribution in [3.8, 4) is 11.4 Å². The minimum atomic E-state index is -4.80. The third kappa shape index (κ3) is 4.68. The third-order valence-corrected chi connectivity index (χ3v) is 4.18. The van der Waals surface area contributed by atoms with Crippen LogP contribution in [0.1, 0.15) is 16.1 Å². The Morgan fingerprint density at radius 3 is 2.56 bits per heavy atom. The van der Waals surface area contributed by atoms with Gasteiger partial charge in [0.1, 0.15) is 5.75 Å². The molecule has 5 nitrogen and oxygen atoms in total. The van der Waals surface area contributed by atoms with Crippen LogP contribution in [-0.2, 0) is 0 Å². The van der Waals surface area contributed by atoms with Gasteiger partial charge >= 0.3 is 6.36 Å². The van der Waals surface area contributed by atoms with Gasteiger partial charge in [-0.25, -0.2) is 4.68 Å². The smallest absolute Gasteiger partial charge is 0.406 e. The highest BCUT2D eigenvalue weighted by molar-refractivity contribution is 9.10. The highest BCUT2D eigenvalue weighted by atomic mass is 79.9. The van der Waals surface area contributed by atoms with Crippen molar-refractivity contribution in [2.45, 2.75) is 13.3 Å². The molecule has 0 aliphatic rings. The van der Waals surface area contributed by atoms with E-state index in [0.717, 1.165) is 22.3 Å². The van der Waals surface area contributed by atoms with Crippen molar-refractivity contribution in [1.29, 1.82) is 0 Å². The number of nitrogens with one attached hydrogen (secondary N) is 1.